The number of rotatable bonds is 6. The van der Waals surface area contributed by atoms with Crippen molar-refractivity contribution in [2.24, 2.45) is 4.99 Å². The molecule has 0 saturated carbocycles. The van der Waals surface area contributed by atoms with Gasteiger partial charge in [-0.05, 0) is 59.3 Å². The number of hydrogen-bond acceptors (Lipinski definition) is 4. The number of benzene rings is 1. The smallest absolute Gasteiger partial charge is 0.407 e. The first-order chi connectivity index (χ1) is 13.7. The Morgan fingerprint density at radius 3 is 2.53 bits per heavy atom. The number of likely N-dealkylation sites (tertiary alicyclic amines) is 1. The van der Waals surface area contributed by atoms with Crippen LogP contribution >= 0.6 is 24.0 Å². The Morgan fingerprint density at radius 2 is 1.93 bits per heavy atom. The largest absolute Gasteiger partial charge is 0.444 e. The Kier molecular flexibility index (Phi) is 10.9. The van der Waals surface area contributed by atoms with E-state index in [-0.39, 0.29) is 36.1 Å². The summed E-state index contributed by atoms with van der Waals surface area (Å²) >= 11 is 0. The Morgan fingerprint density at radius 1 is 1.27 bits per heavy atom. The molecule has 1 amide bonds. The van der Waals surface area contributed by atoms with Gasteiger partial charge in [-0.25, -0.2) is 9.79 Å². The number of amides is 1. The van der Waals surface area contributed by atoms with Crippen LogP contribution in [0.25, 0.3) is 0 Å². The van der Waals surface area contributed by atoms with Crippen LogP contribution in [0.2, 0.25) is 0 Å². The Hall–Kier alpha value is -1.55. The van der Waals surface area contributed by atoms with Crippen molar-refractivity contribution in [2.75, 3.05) is 33.7 Å². The Balaban J connectivity index is 0.00000450. The fraction of sp³-hybridized carbons (Fsp3) is 0.636. The van der Waals surface area contributed by atoms with Crippen LogP contribution in [0.15, 0.2) is 29.3 Å². The second kappa shape index (κ2) is 12.3. The van der Waals surface area contributed by atoms with Crippen molar-refractivity contribution in [1.29, 1.82) is 0 Å². The third-order valence-corrected chi connectivity index (χ3v) is 4.55. The van der Waals surface area contributed by atoms with E-state index in [2.05, 4.69) is 65.7 Å². The van der Waals surface area contributed by atoms with Crippen LogP contribution in [0.1, 0.15) is 45.2 Å². The Labute approximate surface area is 198 Å². The summed E-state index contributed by atoms with van der Waals surface area (Å²) in [5.74, 6) is 0.889. The van der Waals surface area contributed by atoms with Gasteiger partial charge in [0.15, 0.2) is 5.96 Å². The molecule has 1 saturated heterocycles. The summed E-state index contributed by atoms with van der Waals surface area (Å²) in [7, 11) is 4.15. The van der Waals surface area contributed by atoms with E-state index in [1.165, 1.54) is 11.1 Å². The van der Waals surface area contributed by atoms with Gasteiger partial charge >= 0.3 is 6.09 Å². The highest BCUT2D eigenvalue weighted by Gasteiger charge is 2.27. The maximum atomic E-state index is 12.1. The minimum Gasteiger partial charge on any atom is -0.444 e. The molecule has 1 heterocycles. The summed E-state index contributed by atoms with van der Waals surface area (Å²) in [6.45, 7) is 11.6. The molecular weight excluding hydrogens is 493 g/mol. The van der Waals surface area contributed by atoms with Gasteiger partial charge in [-0.15, -0.1) is 24.0 Å². The fourth-order valence-electron chi connectivity index (χ4n) is 3.34. The first kappa shape index (κ1) is 26.5. The van der Waals surface area contributed by atoms with Crippen molar-refractivity contribution >= 4 is 36.0 Å². The molecule has 1 atom stereocenters. The lowest BCUT2D eigenvalue weighted by Gasteiger charge is -2.23. The molecule has 0 bridgehead atoms. The monoisotopic (exact) mass is 531 g/mol. The van der Waals surface area contributed by atoms with Crippen molar-refractivity contribution in [3.05, 3.63) is 35.4 Å². The molecule has 30 heavy (non-hydrogen) atoms. The highest BCUT2D eigenvalue weighted by molar-refractivity contribution is 14.0. The molecule has 1 aliphatic heterocycles. The van der Waals surface area contributed by atoms with Gasteiger partial charge in [0, 0.05) is 26.2 Å². The summed E-state index contributed by atoms with van der Waals surface area (Å²) in [5, 5.41) is 6.36. The lowest BCUT2D eigenvalue weighted by atomic mass is 10.1. The van der Waals surface area contributed by atoms with E-state index in [0.29, 0.717) is 6.54 Å². The molecule has 8 heteroatoms. The molecule has 1 aliphatic rings. The maximum Gasteiger partial charge on any atom is 0.407 e. The van der Waals surface area contributed by atoms with Gasteiger partial charge in [-0.1, -0.05) is 24.3 Å². The van der Waals surface area contributed by atoms with Gasteiger partial charge in [0.25, 0.3) is 0 Å². The second-order valence-electron chi connectivity index (χ2n) is 8.75. The lowest BCUT2D eigenvalue weighted by molar-refractivity contribution is 0.0507. The third-order valence-electron chi connectivity index (χ3n) is 4.55. The molecule has 2 rings (SSSR count). The van der Waals surface area contributed by atoms with E-state index in [0.717, 1.165) is 38.6 Å². The number of nitrogens with zero attached hydrogens (tertiary/aromatic N) is 3. The van der Waals surface area contributed by atoms with Gasteiger partial charge in [0.05, 0.1) is 12.6 Å². The molecule has 170 valence electrons. The second-order valence-corrected chi connectivity index (χ2v) is 8.75. The quantitative estimate of drug-likeness (QED) is 0.335. The van der Waals surface area contributed by atoms with Crippen LogP contribution < -0.4 is 10.6 Å². The van der Waals surface area contributed by atoms with Crippen LogP contribution in [0.3, 0.4) is 0 Å². The predicted octanol–water partition coefficient (Wildman–Crippen LogP) is 3.43. The van der Waals surface area contributed by atoms with Crippen molar-refractivity contribution in [3.63, 3.8) is 0 Å². The zero-order valence-electron chi connectivity index (χ0n) is 19.2. The number of hydrogen-bond donors (Lipinski definition) is 2. The molecule has 0 radical (unpaired) electrons. The highest BCUT2D eigenvalue weighted by atomic mass is 127. The van der Waals surface area contributed by atoms with Gasteiger partial charge in [-0.3, -0.25) is 0 Å². The van der Waals surface area contributed by atoms with Crippen LogP contribution in [-0.2, 0) is 17.8 Å². The van der Waals surface area contributed by atoms with Crippen molar-refractivity contribution in [1.82, 2.24) is 20.4 Å². The molecular formula is C22H38IN5O2. The third kappa shape index (κ3) is 9.07. The van der Waals surface area contributed by atoms with E-state index in [4.69, 9.17) is 9.73 Å². The minimum atomic E-state index is -0.487. The van der Waals surface area contributed by atoms with Gasteiger partial charge in [-0.2, -0.15) is 0 Å². The summed E-state index contributed by atoms with van der Waals surface area (Å²) in [6, 6.07) is 8.50. The van der Waals surface area contributed by atoms with E-state index >= 15 is 0 Å². The standard InChI is InChI=1S/C22H37N5O2.HI/c1-7-23-20(24-14-17-10-8-9-11-18(17)15-26(5)6)27-13-12-19(16-27)25-21(28)29-22(2,3)4;/h8-11,19H,7,12-16H2,1-6H3,(H,23,24)(H,25,28);1H. The van der Waals surface area contributed by atoms with Crippen molar-refractivity contribution in [3.8, 4) is 0 Å². The fourth-order valence-corrected chi connectivity index (χ4v) is 3.34. The number of guanidine groups is 1. The van der Waals surface area contributed by atoms with Gasteiger partial charge < -0.3 is 25.2 Å². The zero-order chi connectivity index (χ0) is 21.4. The lowest BCUT2D eigenvalue weighted by Crippen LogP contribution is -2.44. The molecule has 1 fully saturated rings. The number of carbonyl (C=O) groups excluding carboxylic acids is 1. The first-order valence-electron chi connectivity index (χ1n) is 10.4. The summed E-state index contributed by atoms with van der Waals surface area (Å²) in [6.07, 6.45) is 0.518. The molecule has 1 aromatic rings. The number of nitrogens with one attached hydrogen (secondary N) is 2. The molecule has 0 spiro atoms. The van der Waals surface area contributed by atoms with Gasteiger partial charge in [0.1, 0.15) is 5.60 Å². The molecule has 7 nitrogen and oxygen atoms in total. The average molecular weight is 531 g/mol. The van der Waals surface area contributed by atoms with Crippen molar-refractivity contribution in [2.45, 2.75) is 58.8 Å². The van der Waals surface area contributed by atoms with Crippen LogP contribution in [0.4, 0.5) is 4.79 Å². The summed E-state index contributed by atoms with van der Waals surface area (Å²) < 4.78 is 5.37. The predicted molar refractivity (Wildman–Crippen MR) is 133 cm³/mol. The average Bonchev–Trinajstić information content (AvgIpc) is 3.05. The summed E-state index contributed by atoms with van der Waals surface area (Å²) in [5.41, 5.74) is 2.04. The van der Waals surface area contributed by atoms with Crippen LogP contribution in [-0.4, -0.2) is 67.2 Å². The number of alkyl carbamates (subject to hydrolysis) is 1. The van der Waals surface area contributed by atoms with Crippen molar-refractivity contribution < 1.29 is 9.53 Å². The van der Waals surface area contributed by atoms with E-state index < -0.39 is 5.60 Å². The highest BCUT2D eigenvalue weighted by Crippen LogP contribution is 2.15. The number of aliphatic imine (C=N–C) groups is 1. The Bertz CT molecular complexity index is 703. The van der Waals surface area contributed by atoms with E-state index in [1.54, 1.807) is 0 Å². The number of carbonyl (C=O) groups is 1. The summed E-state index contributed by atoms with van der Waals surface area (Å²) in [4.78, 5) is 21.3. The molecule has 0 aromatic heterocycles. The minimum absolute atomic E-state index is 0. The number of ether oxygens (including phenoxy) is 1. The topological polar surface area (TPSA) is 69.2 Å². The van der Waals surface area contributed by atoms with Crippen LogP contribution in [0, 0.1) is 0 Å². The maximum absolute atomic E-state index is 12.1. The number of halogens is 1. The first-order valence-corrected chi connectivity index (χ1v) is 10.4. The zero-order valence-corrected chi connectivity index (χ0v) is 21.5. The van der Waals surface area contributed by atoms with Crippen LogP contribution in [0.5, 0.6) is 0 Å². The molecule has 1 aromatic carbocycles. The van der Waals surface area contributed by atoms with E-state index in [9.17, 15) is 4.79 Å². The molecule has 1 unspecified atom stereocenters. The van der Waals surface area contributed by atoms with Gasteiger partial charge in [0.2, 0.25) is 0 Å². The molecule has 0 aliphatic carbocycles. The SMILES string of the molecule is CCNC(=NCc1ccccc1CN(C)C)N1CCC(NC(=O)OC(C)(C)C)C1.I. The van der Waals surface area contributed by atoms with E-state index in [1.807, 2.05) is 20.8 Å². The molecule has 2 N–H and O–H groups in total. The normalized spacial score (nSPS) is 17.0.